The molecule has 1 aromatic heterocycles. The maximum atomic E-state index is 12.5. The fraction of sp³-hybridized carbons (Fsp3) is 0.263. The zero-order valence-corrected chi connectivity index (χ0v) is 14.1. The van der Waals surface area contributed by atoms with Crippen LogP contribution >= 0.6 is 0 Å². The Morgan fingerprint density at radius 2 is 1.88 bits per heavy atom. The summed E-state index contributed by atoms with van der Waals surface area (Å²) in [6.45, 7) is 5.71. The summed E-state index contributed by atoms with van der Waals surface area (Å²) in [6, 6.07) is 12.3. The van der Waals surface area contributed by atoms with Crippen LogP contribution in [0.25, 0.3) is 6.08 Å². The quantitative estimate of drug-likeness (QED) is 0.800. The van der Waals surface area contributed by atoms with E-state index < -0.39 is 0 Å². The third-order valence-electron chi connectivity index (χ3n) is 3.57. The highest BCUT2D eigenvalue weighted by atomic mass is 16.3. The maximum Gasteiger partial charge on any atom is 0.268 e. The van der Waals surface area contributed by atoms with E-state index in [0.717, 1.165) is 12.2 Å². The van der Waals surface area contributed by atoms with Gasteiger partial charge in [-0.2, -0.15) is 0 Å². The molecule has 0 radical (unpaired) electrons. The SMILES string of the molecule is CCC(C)NC(=O)/C(=C/c1ccc(C)o1)NC(=O)c1ccccc1. The molecule has 2 amide bonds. The molecule has 0 aliphatic rings. The molecule has 2 aromatic rings. The second-order valence-electron chi connectivity index (χ2n) is 5.61. The summed E-state index contributed by atoms with van der Waals surface area (Å²) in [6.07, 6.45) is 2.33. The molecule has 126 valence electrons. The van der Waals surface area contributed by atoms with Gasteiger partial charge in [0.05, 0.1) is 0 Å². The second kappa shape index (κ2) is 8.15. The van der Waals surface area contributed by atoms with Crippen molar-refractivity contribution in [1.29, 1.82) is 0 Å². The van der Waals surface area contributed by atoms with Crippen LogP contribution < -0.4 is 10.6 Å². The predicted octanol–water partition coefficient (Wildman–Crippen LogP) is 3.27. The molecule has 1 heterocycles. The van der Waals surface area contributed by atoms with Crippen molar-refractivity contribution in [2.45, 2.75) is 33.2 Å². The van der Waals surface area contributed by atoms with E-state index in [4.69, 9.17) is 4.42 Å². The van der Waals surface area contributed by atoms with Gasteiger partial charge in [0.2, 0.25) is 0 Å². The van der Waals surface area contributed by atoms with Crippen molar-refractivity contribution in [3.8, 4) is 0 Å². The minimum absolute atomic E-state index is 0.00728. The Hall–Kier alpha value is -2.82. The summed E-state index contributed by atoms with van der Waals surface area (Å²) in [5, 5.41) is 5.52. The highest BCUT2D eigenvalue weighted by Gasteiger charge is 2.16. The van der Waals surface area contributed by atoms with Crippen LogP contribution in [0.5, 0.6) is 0 Å². The van der Waals surface area contributed by atoms with Crippen LogP contribution in [0.4, 0.5) is 0 Å². The van der Waals surface area contributed by atoms with Gasteiger partial charge in [-0.25, -0.2) is 0 Å². The van der Waals surface area contributed by atoms with E-state index in [9.17, 15) is 9.59 Å². The van der Waals surface area contributed by atoms with Crippen LogP contribution in [0.15, 0.2) is 52.6 Å². The Morgan fingerprint density at radius 1 is 1.17 bits per heavy atom. The average molecular weight is 326 g/mol. The van der Waals surface area contributed by atoms with Crippen LogP contribution in [-0.4, -0.2) is 17.9 Å². The Bertz CT molecular complexity index is 732. The molecule has 0 bridgehead atoms. The minimum atomic E-state index is -0.345. The molecule has 0 fully saturated rings. The monoisotopic (exact) mass is 326 g/mol. The molecule has 2 rings (SSSR count). The van der Waals surface area contributed by atoms with Crippen LogP contribution in [0.2, 0.25) is 0 Å². The number of aryl methyl sites for hydroxylation is 1. The molecule has 0 saturated carbocycles. The first-order chi connectivity index (χ1) is 11.5. The van der Waals surface area contributed by atoms with E-state index in [1.54, 1.807) is 36.4 Å². The van der Waals surface area contributed by atoms with Gasteiger partial charge in [0.15, 0.2) is 0 Å². The number of furan rings is 1. The lowest BCUT2D eigenvalue weighted by Gasteiger charge is -2.14. The molecule has 0 spiro atoms. The number of benzene rings is 1. The third kappa shape index (κ3) is 4.84. The molecule has 0 saturated heterocycles. The molecule has 0 aliphatic carbocycles. The summed E-state index contributed by atoms with van der Waals surface area (Å²) in [5.41, 5.74) is 0.633. The molecule has 5 heteroatoms. The van der Waals surface area contributed by atoms with Gasteiger partial charge >= 0.3 is 0 Å². The minimum Gasteiger partial charge on any atom is -0.462 e. The Kier molecular flexibility index (Phi) is 5.95. The predicted molar refractivity (Wildman–Crippen MR) is 93.2 cm³/mol. The summed E-state index contributed by atoms with van der Waals surface area (Å²) in [4.78, 5) is 24.8. The van der Waals surface area contributed by atoms with Crippen molar-refractivity contribution in [1.82, 2.24) is 10.6 Å². The lowest BCUT2D eigenvalue weighted by atomic mass is 10.2. The smallest absolute Gasteiger partial charge is 0.268 e. The second-order valence-corrected chi connectivity index (χ2v) is 5.61. The van der Waals surface area contributed by atoms with E-state index in [2.05, 4.69) is 10.6 Å². The van der Waals surface area contributed by atoms with E-state index in [1.807, 2.05) is 26.8 Å². The van der Waals surface area contributed by atoms with E-state index in [-0.39, 0.29) is 23.6 Å². The zero-order valence-electron chi connectivity index (χ0n) is 14.1. The number of hydrogen-bond acceptors (Lipinski definition) is 3. The highest BCUT2D eigenvalue weighted by Crippen LogP contribution is 2.11. The first kappa shape index (κ1) is 17.5. The van der Waals surface area contributed by atoms with Crippen molar-refractivity contribution in [3.63, 3.8) is 0 Å². The van der Waals surface area contributed by atoms with E-state index in [1.165, 1.54) is 6.08 Å². The van der Waals surface area contributed by atoms with Crippen molar-refractivity contribution in [3.05, 3.63) is 65.2 Å². The fourth-order valence-electron chi connectivity index (χ4n) is 2.02. The van der Waals surface area contributed by atoms with Crippen molar-refractivity contribution in [2.24, 2.45) is 0 Å². The van der Waals surface area contributed by atoms with Crippen LogP contribution in [0.1, 0.15) is 42.1 Å². The number of carbonyl (C=O) groups is 2. The molecule has 1 aromatic carbocycles. The molecular formula is C19H22N2O3. The summed E-state index contributed by atoms with van der Waals surface area (Å²) in [5.74, 6) is 0.555. The van der Waals surface area contributed by atoms with Crippen molar-refractivity contribution in [2.75, 3.05) is 0 Å². The van der Waals surface area contributed by atoms with Crippen LogP contribution in [0, 0.1) is 6.92 Å². The molecule has 2 N–H and O–H groups in total. The number of carbonyl (C=O) groups excluding carboxylic acids is 2. The zero-order chi connectivity index (χ0) is 17.5. The summed E-state index contributed by atoms with van der Waals surface area (Å²) < 4.78 is 5.48. The summed E-state index contributed by atoms with van der Waals surface area (Å²) >= 11 is 0. The Balaban J connectivity index is 2.23. The molecule has 5 nitrogen and oxygen atoms in total. The average Bonchev–Trinajstić information content (AvgIpc) is 2.99. The van der Waals surface area contributed by atoms with Gasteiger partial charge < -0.3 is 15.1 Å². The van der Waals surface area contributed by atoms with E-state index >= 15 is 0 Å². The molecule has 24 heavy (non-hydrogen) atoms. The van der Waals surface area contributed by atoms with Crippen LogP contribution in [-0.2, 0) is 4.79 Å². The van der Waals surface area contributed by atoms with Gasteiger partial charge in [0.25, 0.3) is 11.8 Å². The number of amides is 2. The van der Waals surface area contributed by atoms with Gasteiger partial charge in [-0.3, -0.25) is 9.59 Å². The third-order valence-corrected chi connectivity index (χ3v) is 3.57. The summed E-state index contributed by atoms with van der Waals surface area (Å²) in [7, 11) is 0. The van der Waals surface area contributed by atoms with Crippen molar-refractivity contribution < 1.29 is 14.0 Å². The van der Waals surface area contributed by atoms with E-state index in [0.29, 0.717) is 11.3 Å². The Morgan fingerprint density at radius 3 is 2.46 bits per heavy atom. The van der Waals surface area contributed by atoms with Gasteiger partial charge in [-0.1, -0.05) is 25.1 Å². The molecule has 0 aliphatic heterocycles. The molecular weight excluding hydrogens is 304 g/mol. The highest BCUT2D eigenvalue weighted by molar-refractivity contribution is 6.05. The number of rotatable bonds is 6. The van der Waals surface area contributed by atoms with Gasteiger partial charge in [-0.05, 0) is 44.5 Å². The first-order valence-electron chi connectivity index (χ1n) is 7.95. The van der Waals surface area contributed by atoms with Crippen LogP contribution in [0.3, 0.4) is 0 Å². The molecule has 1 unspecified atom stereocenters. The van der Waals surface area contributed by atoms with Gasteiger partial charge in [0, 0.05) is 17.7 Å². The van der Waals surface area contributed by atoms with Gasteiger partial charge in [-0.15, -0.1) is 0 Å². The standard InChI is InChI=1S/C19H22N2O3/c1-4-13(2)20-19(23)17(12-16-11-10-14(3)24-16)21-18(22)15-8-6-5-7-9-15/h5-13H,4H2,1-3H3,(H,20,23)(H,21,22)/b17-12-. The first-order valence-corrected chi connectivity index (χ1v) is 7.95. The normalized spacial score (nSPS) is 12.5. The lowest BCUT2D eigenvalue weighted by molar-refractivity contribution is -0.118. The fourth-order valence-corrected chi connectivity index (χ4v) is 2.02. The van der Waals surface area contributed by atoms with Gasteiger partial charge in [0.1, 0.15) is 17.2 Å². The largest absolute Gasteiger partial charge is 0.462 e. The number of hydrogen-bond donors (Lipinski definition) is 2. The topological polar surface area (TPSA) is 71.3 Å². The maximum absolute atomic E-state index is 12.5. The molecule has 1 atom stereocenters. The lowest BCUT2D eigenvalue weighted by Crippen LogP contribution is -2.38. The van der Waals surface area contributed by atoms with Crippen molar-refractivity contribution >= 4 is 17.9 Å². The number of nitrogens with one attached hydrogen (secondary N) is 2. The Labute approximate surface area is 141 Å².